The van der Waals surface area contributed by atoms with E-state index in [9.17, 15) is 9.59 Å². The molecule has 0 bridgehead atoms. The van der Waals surface area contributed by atoms with E-state index < -0.39 is 11.9 Å². The molecule has 0 heterocycles. The van der Waals surface area contributed by atoms with Gasteiger partial charge in [0, 0.05) is 10.0 Å². The van der Waals surface area contributed by atoms with E-state index in [2.05, 4.69) is 37.7 Å². The molecule has 29 heavy (non-hydrogen) atoms. The van der Waals surface area contributed by atoms with Gasteiger partial charge in [0.05, 0.1) is 18.9 Å². The van der Waals surface area contributed by atoms with Crippen LogP contribution in [0.3, 0.4) is 0 Å². The molecule has 1 atom stereocenters. The zero-order valence-electron chi connectivity index (χ0n) is 15.9. The van der Waals surface area contributed by atoms with Crippen LogP contribution in [-0.4, -0.2) is 37.8 Å². The molecule has 0 aliphatic carbocycles. The van der Waals surface area contributed by atoms with Gasteiger partial charge < -0.3 is 14.8 Å². The van der Waals surface area contributed by atoms with Gasteiger partial charge in [0.15, 0.2) is 11.5 Å². The van der Waals surface area contributed by atoms with Crippen molar-refractivity contribution in [2.75, 3.05) is 13.7 Å². The Kier molecular flexibility index (Phi) is 8.25. The largest absolute Gasteiger partial charge is 0.493 e. The van der Waals surface area contributed by atoms with Gasteiger partial charge >= 0.3 is 0 Å². The standard InChI is InChI=1S/C21H20BrN3O4/c1-4-12-29-19-15(8-7-11-18(19)28-3)13-23-25-20(26)14(2)24-21(27)16-9-5-6-10-17(16)22/h1,5-11,13-14H,12H2,2-3H3,(H,24,27)(H,25,26). The minimum atomic E-state index is -0.797. The fraction of sp³-hybridized carbons (Fsp3) is 0.190. The first-order chi connectivity index (χ1) is 14.0. The molecule has 2 aromatic rings. The molecule has 0 radical (unpaired) electrons. The van der Waals surface area contributed by atoms with E-state index >= 15 is 0 Å². The summed E-state index contributed by atoms with van der Waals surface area (Å²) >= 11 is 3.31. The molecular weight excluding hydrogens is 438 g/mol. The normalized spacial score (nSPS) is 11.4. The lowest BCUT2D eigenvalue weighted by molar-refractivity contribution is -0.122. The SMILES string of the molecule is C#CCOc1c(C=NNC(=O)C(C)NC(=O)c2ccccc2Br)cccc1OC. The van der Waals surface area contributed by atoms with Gasteiger partial charge in [-0.05, 0) is 47.1 Å². The Morgan fingerprint density at radius 1 is 1.28 bits per heavy atom. The molecule has 8 heteroatoms. The van der Waals surface area contributed by atoms with Crippen LogP contribution in [0.1, 0.15) is 22.8 Å². The van der Waals surface area contributed by atoms with Crippen molar-refractivity contribution < 1.29 is 19.1 Å². The van der Waals surface area contributed by atoms with Gasteiger partial charge in [0.2, 0.25) is 0 Å². The Morgan fingerprint density at radius 2 is 2.03 bits per heavy atom. The summed E-state index contributed by atoms with van der Waals surface area (Å²) in [4.78, 5) is 24.5. The van der Waals surface area contributed by atoms with Crippen LogP contribution in [0.5, 0.6) is 11.5 Å². The summed E-state index contributed by atoms with van der Waals surface area (Å²) in [7, 11) is 1.51. The minimum absolute atomic E-state index is 0.0612. The molecule has 0 saturated carbocycles. The zero-order chi connectivity index (χ0) is 21.2. The number of nitrogens with one attached hydrogen (secondary N) is 2. The quantitative estimate of drug-likeness (QED) is 0.362. The number of amides is 2. The Labute approximate surface area is 177 Å². The maximum atomic E-state index is 12.3. The van der Waals surface area contributed by atoms with Crippen molar-refractivity contribution in [2.24, 2.45) is 5.10 Å². The van der Waals surface area contributed by atoms with Gasteiger partial charge in [-0.15, -0.1) is 6.42 Å². The van der Waals surface area contributed by atoms with Crippen LogP contribution in [0.2, 0.25) is 0 Å². The van der Waals surface area contributed by atoms with Gasteiger partial charge in [0.1, 0.15) is 12.6 Å². The second-order valence-corrected chi connectivity index (χ2v) is 6.64. The number of rotatable bonds is 8. The lowest BCUT2D eigenvalue weighted by Gasteiger charge is -2.13. The highest BCUT2D eigenvalue weighted by atomic mass is 79.9. The molecule has 1 unspecified atom stereocenters. The second kappa shape index (κ2) is 10.9. The van der Waals surface area contributed by atoms with Crippen LogP contribution in [0.4, 0.5) is 0 Å². The van der Waals surface area contributed by atoms with Crippen LogP contribution >= 0.6 is 15.9 Å². The van der Waals surface area contributed by atoms with E-state index in [-0.39, 0.29) is 12.5 Å². The number of methoxy groups -OCH3 is 1. The minimum Gasteiger partial charge on any atom is -0.493 e. The van der Waals surface area contributed by atoms with Crippen LogP contribution in [0.15, 0.2) is 52.0 Å². The summed E-state index contributed by atoms with van der Waals surface area (Å²) in [6, 6.07) is 11.4. The first kappa shape index (κ1) is 22.0. The maximum absolute atomic E-state index is 12.3. The van der Waals surface area contributed by atoms with Gasteiger partial charge in [-0.2, -0.15) is 5.10 Å². The second-order valence-electron chi connectivity index (χ2n) is 5.78. The summed E-state index contributed by atoms with van der Waals surface area (Å²) < 4.78 is 11.4. The molecule has 150 valence electrons. The summed E-state index contributed by atoms with van der Waals surface area (Å²) in [6.45, 7) is 1.62. The van der Waals surface area contributed by atoms with Crippen molar-refractivity contribution in [1.29, 1.82) is 0 Å². The zero-order valence-corrected chi connectivity index (χ0v) is 17.5. The number of hydrogen-bond donors (Lipinski definition) is 2. The number of hydrazone groups is 1. The van der Waals surface area contributed by atoms with Gasteiger partial charge in [0.25, 0.3) is 11.8 Å². The van der Waals surface area contributed by atoms with Gasteiger partial charge in [-0.3, -0.25) is 9.59 Å². The van der Waals surface area contributed by atoms with E-state index in [1.165, 1.54) is 13.3 Å². The van der Waals surface area contributed by atoms with E-state index in [0.717, 1.165) is 0 Å². The molecule has 2 rings (SSSR count). The number of hydrogen-bond acceptors (Lipinski definition) is 5. The van der Waals surface area contributed by atoms with Crippen molar-refractivity contribution in [2.45, 2.75) is 13.0 Å². The first-order valence-electron chi connectivity index (χ1n) is 8.59. The van der Waals surface area contributed by atoms with E-state index in [4.69, 9.17) is 15.9 Å². The molecule has 0 spiro atoms. The summed E-state index contributed by atoms with van der Waals surface area (Å²) in [5.74, 6) is 2.44. The Bertz CT molecular complexity index is 953. The summed E-state index contributed by atoms with van der Waals surface area (Å²) in [5.41, 5.74) is 3.40. The number of nitrogens with zero attached hydrogens (tertiary/aromatic N) is 1. The molecule has 2 amide bonds. The van der Waals surface area contributed by atoms with Crippen molar-refractivity contribution in [1.82, 2.24) is 10.7 Å². The van der Waals surface area contributed by atoms with Crippen LogP contribution < -0.4 is 20.2 Å². The predicted molar refractivity (Wildman–Crippen MR) is 114 cm³/mol. The van der Waals surface area contributed by atoms with E-state index in [0.29, 0.717) is 27.1 Å². The molecule has 2 aromatic carbocycles. The van der Waals surface area contributed by atoms with Crippen LogP contribution in [-0.2, 0) is 4.79 Å². The van der Waals surface area contributed by atoms with E-state index in [1.807, 2.05) is 0 Å². The van der Waals surface area contributed by atoms with E-state index in [1.54, 1.807) is 49.4 Å². The number of carbonyl (C=O) groups excluding carboxylic acids is 2. The average Bonchev–Trinajstić information content (AvgIpc) is 2.72. The Balaban J connectivity index is 2.01. The monoisotopic (exact) mass is 457 g/mol. The van der Waals surface area contributed by atoms with Crippen molar-refractivity contribution >= 4 is 34.0 Å². The van der Waals surface area contributed by atoms with Crippen molar-refractivity contribution in [3.05, 3.63) is 58.1 Å². The van der Waals surface area contributed by atoms with Gasteiger partial charge in [-0.1, -0.05) is 24.1 Å². The average molecular weight is 458 g/mol. The Morgan fingerprint density at radius 3 is 2.72 bits per heavy atom. The highest BCUT2D eigenvalue weighted by Gasteiger charge is 2.17. The third kappa shape index (κ3) is 6.09. The summed E-state index contributed by atoms with van der Waals surface area (Å²) in [5, 5.41) is 6.55. The van der Waals surface area contributed by atoms with Crippen molar-refractivity contribution in [3.63, 3.8) is 0 Å². The molecular formula is C21H20BrN3O4. The third-order valence-corrected chi connectivity index (χ3v) is 4.46. The molecule has 2 N–H and O–H groups in total. The smallest absolute Gasteiger partial charge is 0.262 e. The molecule has 7 nitrogen and oxygen atoms in total. The number of para-hydroxylation sites is 1. The number of carbonyl (C=O) groups is 2. The van der Waals surface area contributed by atoms with Crippen LogP contribution in [0, 0.1) is 12.3 Å². The number of benzene rings is 2. The fourth-order valence-corrected chi connectivity index (χ4v) is 2.78. The lowest BCUT2D eigenvalue weighted by atomic mass is 10.2. The molecule has 0 aliphatic rings. The first-order valence-corrected chi connectivity index (χ1v) is 9.38. The lowest BCUT2D eigenvalue weighted by Crippen LogP contribution is -2.43. The number of terminal acetylenes is 1. The molecule has 0 aromatic heterocycles. The topological polar surface area (TPSA) is 89.0 Å². The van der Waals surface area contributed by atoms with Crippen LogP contribution in [0.25, 0.3) is 0 Å². The highest BCUT2D eigenvalue weighted by molar-refractivity contribution is 9.10. The number of ether oxygens (including phenoxy) is 2. The third-order valence-electron chi connectivity index (χ3n) is 3.77. The molecule has 0 aliphatic heterocycles. The Hall–Kier alpha value is -3.31. The predicted octanol–water partition coefficient (Wildman–Crippen LogP) is 2.74. The maximum Gasteiger partial charge on any atom is 0.262 e. The summed E-state index contributed by atoms with van der Waals surface area (Å²) in [6.07, 6.45) is 6.65. The highest BCUT2D eigenvalue weighted by Crippen LogP contribution is 2.29. The number of halogens is 1. The van der Waals surface area contributed by atoms with Crippen molar-refractivity contribution in [3.8, 4) is 23.8 Å². The van der Waals surface area contributed by atoms with Gasteiger partial charge in [-0.25, -0.2) is 5.43 Å². The fourth-order valence-electron chi connectivity index (χ4n) is 2.31. The molecule has 0 fully saturated rings. The molecule has 0 saturated heterocycles.